The van der Waals surface area contributed by atoms with Crippen molar-refractivity contribution in [3.05, 3.63) is 70.8 Å². The van der Waals surface area contributed by atoms with E-state index < -0.39 is 0 Å². The Morgan fingerprint density at radius 1 is 1.14 bits per heavy atom. The molecule has 0 spiro atoms. The summed E-state index contributed by atoms with van der Waals surface area (Å²) in [6, 6.07) is 16.7. The average molecular weight is 332 g/mol. The topological polar surface area (TPSA) is 3.24 Å². The van der Waals surface area contributed by atoms with Crippen LogP contribution in [-0.4, -0.2) is 31.8 Å². The van der Waals surface area contributed by atoms with Crippen LogP contribution in [0.5, 0.6) is 0 Å². The van der Waals surface area contributed by atoms with Crippen LogP contribution in [-0.2, 0) is 0 Å². The van der Waals surface area contributed by atoms with E-state index in [1.54, 1.807) is 11.8 Å². The van der Waals surface area contributed by atoms with Crippen molar-refractivity contribution in [2.24, 2.45) is 0 Å². The third-order valence-electron chi connectivity index (χ3n) is 3.46. The van der Waals surface area contributed by atoms with E-state index in [1.165, 1.54) is 21.6 Å². The van der Waals surface area contributed by atoms with Crippen LogP contribution < -0.4 is 0 Å². The standard InChI is InChI=1S/C19H22ClNS/c1-21(2)13-7-10-17(15-8-5-4-6-9-15)18-14-16(20)11-12-19(18)22-3/h4-6,8-12,14H,7,13H2,1-3H3/b17-10-. The molecule has 1 nitrogen and oxygen atoms in total. The zero-order valence-corrected chi connectivity index (χ0v) is 14.9. The van der Waals surface area contributed by atoms with E-state index in [1.807, 2.05) is 12.1 Å². The number of halogens is 1. The molecular formula is C19H22ClNS. The monoisotopic (exact) mass is 331 g/mol. The van der Waals surface area contributed by atoms with Gasteiger partial charge in [-0.3, -0.25) is 0 Å². The summed E-state index contributed by atoms with van der Waals surface area (Å²) in [6.45, 7) is 1.03. The zero-order valence-electron chi connectivity index (χ0n) is 13.3. The molecule has 0 saturated carbocycles. The summed E-state index contributed by atoms with van der Waals surface area (Å²) < 4.78 is 0. The number of hydrogen-bond acceptors (Lipinski definition) is 2. The SMILES string of the molecule is CSc1ccc(Cl)cc1/C(=C\CCN(C)C)c1ccccc1. The number of thioether (sulfide) groups is 1. The Kier molecular flexibility index (Phi) is 6.56. The average Bonchev–Trinajstić information content (AvgIpc) is 2.52. The highest BCUT2D eigenvalue weighted by atomic mass is 35.5. The molecule has 0 N–H and O–H groups in total. The second-order valence-electron chi connectivity index (χ2n) is 5.42. The molecule has 0 amide bonds. The van der Waals surface area contributed by atoms with Gasteiger partial charge in [-0.05, 0) is 61.7 Å². The summed E-state index contributed by atoms with van der Waals surface area (Å²) in [5, 5.41) is 0.780. The second-order valence-corrected chi connectivity index (χ2v) is 6.70. The summed E-state index contributed by atoms with van der Waals surface area (Å²) in [6.07, 6.45) is 5.44. The summed E-state index contributed by atoms with van der Waals surface area (Å²) in [7, 11) is 4.20. The minimum atomic E-state index is 0.780. The van der Waals surface area contributed by atoms with Crippen LogP contribution in [0.1, 0.15) is 17.5 Å². The Hall–Kier alpha value is -1.22. The number of benzene rings is 2. The van der Waals surface area contributed by atoms with Crippen LogP contribution in [0.15, 0.2) is 59.5 Å². The first-order chi connectivity index (χ1) is 10.6. The van der Waals surface area contributed by atoms with Crippen LogP contribution in [0.2, 0.25) is 5.02 Å². The van der Waals surface area contributed by atoms with Gasteiger partial charge in [0, 0.05) is 16.5 Å². The van der Waals surface area contributed by atoms with Crippen molar-refractivity contribution >= 4 is 28.9 Å². The van der Waals surface area contributed by atoms with E-state index in [-0.39, 0.29) is 0 Å². The van der Waals surface area contributed by atoms with Crippen molar-refractivity contribution in [2.45, 2.75) is 11.3 Å². The zero-order chi connectivity index (χ0) is 15.9. The fourth-order valence-corrected chi connectivity index (χ4v) is 3.12. The Bertz CT molecular complexity index is 635. The quantitative estimate of drug-likeness (QED) is 0.648. The normalized spacial score (nSPS) is 12.0. The fraction of sp³-hybridized carbons (Fsp3) is 0.263. The van der Waals surface area contributed by atoms with E-state index in [2.05, 4.69) is 67.7 Å². The molecule has 0 aliphatic carbocycles. The highest BCUT2D eigenvalue weighted by Gasteiger charge is 2.10. The van der Waals surface area contributed by atoms with Crippen molar-refractivity contribution in [1.82, 2.24) is 4.90 Å². The van der Waals surface area contributed by atoms with Gasteiger partial charge in [-0.1, -0.05) is 48.0 Å². The fourth-order valence-electron chi connectivity index (χ4n) is 2.36. The lowest BCUT2D eigenvalue weighted by atomic mass is 9.96. The predicted octanol–water partition coefficient (Wildman–Crippen LogP) is 5.45. The van der Waals surface area contributed by atoms with Gasteiger partial charge in [0.2, 0.25) is 0 Å². The molecule has 0 atom stereocenters. The van der Waals surface area contributed by atoms with Gasteiger partial charge in [-0.2, -0.15) is 0 Å². The molecule has 2 aromatic rings. The van der Waals surface area contributed by atoms with Crippen molar-refractivity contribution in [2.75, 3.05) is 26.9 Å². The molecule has 0 radical (unpaired) electrons. The van der Waals surface area contributed by atoms with Gasteiger partial charge in [0.05, 0.1) is 0 Å². The summed E-state index contributed by atoms with van der Waals surface area (Å²) in [5.74, 6) is 0. The van der Waals surface area contributed by atoms with Crippen molar-refractivity contribution < 1.29 is 0 Å². The smallest absolute Gasteiger partial charge is 0.0412 e. The predicted molar refractivity (Wildman–Crippen MR) is 99.9 cm³/mol. The maximum Gasteiger partial charge on any atom is 0.0412 e. The summed E-state index contributed by atoms with van der Waals surface area (Å²) in [4.78, 5) is 3.45. The van der Waals surface area contributed by atoms with E-state index in [4.69, 9.17) is 11.6 Å². The van der Waals surface area contributed by atoms with Gasteiger partial charge in [0.25, 0.3) is 0 Å². The first-order valence-electron chi connectivity index (χ1n) is 7.36. The molecule has 3 heteroatoms. The third-order valence-corrected chi connectivity index (χ3v) is 4.49. The molecule has 0 aromatic heterocycles. The van der Waals surface area contributed by atoms with Crippen molar-refractivity contribution in [3.63, 3.8) is 0 Å². The maximum atomic E-state index is 6.25. The van der Waals surface area contributed by atoms with Gasteiger partial charge in [0.1, 0.15) is 0 Å². The minimum absolute atomic E-state index is 0.780. The summed E-state index contributed by atoms with van der Waals surface area (Å²) in [5.41, 5.74) is 3.71. The van der Waals surface area contributed by atoms with Gasteiger partial charge in [-0.15, -0.1) is 11.8 Å². The largest absolute Gasteiger partial charge is 0.309 e. The maximum absolute atomic E-state index is 6.25. The number of nitrogens with zero attached hydrogens (tertiary/aromatic N) is 1. The lowest BCUT2D eigenvalue weighted by Crippen LogP contribution is -2.12. The van der Waals surface area contributed by atoms with Gasteiger partial charge in [-0.25, -0.2) is 0 Å². The number of rotatable bonds is 6. The lowest BCUT2D eigenvalue weighted by Gasteiger charge is -2.14. The van der Waals surface area contributed by atoms with E-state index >= 15 is 0 Å². The molecule has 0 fully saturated rings. The second kappa shape index (κ2) is 8.42. The first kappa shape index (κ1) is 17.1. The van der Waals surface area contributed by atoms with Gasteiger partial charge in [0.15, 0.2) is 0 Å². The Balaban J connectivity index is 2.47. The van der Waals surface area contributed by atoms with Gasteiger partial charge < -0.3 is 4.90 Å². The summed E-state index contributed by atoms with van der Waals surface area (Å²) >= 11 is 8.00. The Morgan fingerprint density at radius 3 is 2.50 bits per heavy atom. The third kappa shape index (κ3) is 4.64. The molecule has 0 heterocycles. The lowest BCUT2D eigenvalue weighted by molar-refractivity contribution is 0.417. The molecule has 2 rings (SSSR count). The van der Waals surface area contributed by atoms with Crippen LogP contribution in [0, 0.1) is 0 Å². The van der Waals surface area contributed by atoms with Crippen molar-refractivity contribution in [3.8, 4) is 0 Å². The van der Waals surface area contributed by atoms with E-state index in [0.717, 1.165) is 18.0 Å². The molecule has 0 saturated heterocycles. The molecule has 2 aromatic carbocycles. The van der Waals surface area contributed by atoms with Crippen LogP contribution >= 0.6 is 23.4 Å². The molecule has 0 bridgehead atoms. The molecule has 22 heavy (non-hydrogen) atoms. The van der Waals surface area contributed by atoms with Crippen LogP contribution in [0.3, 0.4) is 0 Å². The molecule has 0 aliphatic rings. The number of hydrogen-bond donors (Lipinski definition) is 0. The molecule has 0 unspecified atom stereocenters. The first-order valence-corrected chi connectivity index (χ1v) is 8.96. The van der Waals surface area contributed by atoms with E-state index in [0.29, 0.717) is 0 Å². The molecule has 0 aliphatic heterocycles. The van der Waals surface area contributed by atoms with Crippen molar-refractivity contribution in [1.29, 1.82) is 0 Å². The van der Waals surface area contributed by atoms with Crippen LogP contribution in [0.4, 0.5) is 0 Å². The van der Waals surface area contributed by atoms with Crippen LogP contribution in [0.25, 0.3) is 5.57 Å². The Labute approximate surface area is 143 Å². The van der Waals surface area contributed by atoms with E-state index in [9.17, 15) is 0 Å². The highest BCUT2D eigenvalue weighted by Crippen LogP contribution is 2.33. The highest BCUT2D eigenvalue weighted by molar-refractivity contribution is 7.98. The molecule has 116 valence electrons. The minimum Gasteiger partial charge on any atom is -0.309 e. The van der Waals surface area contributed by atoms with Gasteiger partial charge >= 0.3 is 0 Å². The Morgan fingerprint density at radius 2 is 1.86 bits per heavy atom. The molecular weight excluding hydrogens is 310 g/mol.